The molecule has 1 aliphatic carbocycles. The Morgan fingerprint density at radius 3 is 2.17 bits per heavy atom. The number of rotatable bonds is 3. The molecule has 18 heavy (non-hydrogen) atoms. The fraction of sp³-hybridized carbons (Fsp3) is 1.00. The summed E-state index contributed by atoms with van der Waals surface area (Å²) in [4.78, 5) is 0. The molecule has 0 aromatic rings. The van der Waals surface area contributed by atoms with Gasteiger partial charge in [-0.25, -0.2) is 0 Å². The van der Waals surface area contributed by atoms with Crippen molar-refractivity contribution in [2.45, 2.75) is 71.2 Å². The van der Waals surface area contributed by atoms with Crippen LogP contribution in [-0.2, 0) is 9.47 Å². The minimum atomic E-state index is -0.475. The maximum Gasteiger partial charge on any atom is 0.157 e. The average Bonchev–Trinajstić information content (AvgIpc) is 2.79. The van der Waals surface area contributed by atoms with Gasteiger partial charge in [0.1, 0.15) is 0 Å². The first kappa shape index (κ1) is 14.3. The Morgan fingerprint density at radius 2 is 1.67 bits per heavy atom. The molecule has 106 valence electrons. The smallest absolute Gasteiger partial charge is 0.157 e. The molecule has 0 aromatic carbocycles. The Morgan fingerprint density at radius 1 is 1.11 bits per heavy atom. The predicted molar refractivity (Wildman–Crippen MR) is 71.3 cm³/mol. The molecule has 0 unspecified atom stereocenters. The lowest BCUT2D eigenvalue weighted by molar-refractivity contribution is -0.0815. The first-order valence-electron chi connectivity index (χ1n) is 7.35. The van der Waals surface area contributed by atoms with Crippen LogP contribution in [0.15, 0.2) is 0 Å². The van der Waals surface area contributed by atoms with E-state index in [1.165, 1.54) is 0 Å². The van der Waals surface area contributed by atoms with E-state index in [2.05, 4.69) is 20.8 Å². The molecule has 2 aliphatic rings. The Hall–Kier alpha value is -0.120. The molecule has 1 N–H and O–H groups in total. The van der Waals surface area contributed by atoms with E-state index < -0.39 is 5.60 Å². The van der Waals surface area contributed by atoms with Crippen LogP contribution in [0.1, 0.15) is 59.3 Å². The second kappa shape index (κ2) is 5.48. The van der Waals surface area contributed by atoms with E-state index in [4.69, 9.17) is 9.47 Å². The van der Waals surface area contributed by atoms with Gasteiger partial charge in [0.25, 0.3) is 0 Å². The Balaban J connectivity index is 1.76. The van der Waals surface area contributed by atoms with Gasteiger partial charge in [-0.2, -0.15) is 0 Å². The molecule has 1 aliphatic heterocycles. The van der Waals surface area contributed by atoms with Crippen LogP contribution in [0.25, 0.3) is 0 Å². The van der Waals surface area contributed by atoms with Gasteiger partial charge in [0, 0.05) is 6.42 Å². The fourth-order valence-electron chi connectivity index (χ4n) is 3.23. The molecular weight excluding hydrogens is 228 g/mol. The summed E-state index contributed by atoms with van der Waals surface area (Å²) in [5.41, 5.74) is -0.101. The zero-order chi connectivity index (χ0) is 13.2. The third-order valence-electron chi connectivity index (χ3n) is 4.68. The van der Waals surface area contributed by atoms with Gasteiger partial charge in [0.15, 0.2) is 6.29 Å². The van der Waals surface area contributed by atoms with Crippen molar-refractivity contribution in [2.75, 3.05) is 13.2 Å². The number of aliphatic hydroxyl groups is 1. The van der Waals surface area contributed by atoms with Gasteiger partial charge in [-0.05, 0) is 43.4 Å². The van der Waals surface area contributed by atoms with E-state index >= 15 is 0 Å². The minimum absolute atomic E-state index is 0.0747. The molecule has 2 fully saturated rings. The highest BCUT2D eigenvalue weighted by atomic mass is 16.7. The molecule has 0 spiro atoms. The van der Waals surface area contributed by atoms with Crippen molar-refractivity contribution in [1.82, 2.24) is 0 Å². The summed E-state index contributed by atoms with van der Waals surface area (Å²) in [6.45, 7) is 8.33. The van der Waals surface area contributed by atoms with Crippen LogP contribution in [0.2, 0.25) is 0 Å². The molecule has 1 heterocycles. The lowest BCUT2D eigenvalue weighted by Crippen LogP contribution is -2.38. The van der Waals surface area contributed by atoms with E-state index in [0.717, 1.165) is 44.4 Å². The Bertz CT molecular complexity index is 255. The molecule has 0 bridgehead atoms. The number of hydrogen-bond donors (Lipinski definition) is 1. The summed E-state index contributed by atoms with van der Waals surface area (Å²) < 4.78 is 10.9. The highest BCUT2D eigenvalue weighted by Crippen LogP contribution is 2.43. The van der Waals surface area contributed by atoms with Crippen molar-refractivity contribution >= 4 is 0 Å². The van der Waals surface area contributed by atoms with Crippen LogP contribution < -0.4 is 0 Å². The van der Waals surface area contributed by atoms with Gasteiger partial charge >= 0.3 is 0 Å². The lowest BCUT2D eigenvalue weighted by Gasteiger charge is -2.41. The second-order valence-electron chi connectivity index (χ2n) is 7.07. The normalized spacial score (nSPS) is 35.0. The molecule has 2 rings (SSSR count). The van der Waals surface area contributed by atoms with E-state index in [0.29, 0.717) is 18.6 Å². The molecule has 0 amide bonds. The minimum Gasteiger partial charge on any atom is -0.390 e. The largest absolute Gasteiger partial charge is 0.390 e. The van der Waals surface area contributed by atoms with Crippen molar-refractivity contribution in [1.29, 1.82) is 0 Å². The summed E-state index contributed by atoms with van der Waals surface area (Å²) in [6.07, 6.45) is 5.72. The molecule has 1 saturated carbocycles. The summed E-state index contributed by atoms with van der Waals surface area (Å²) >= 11 is 0. The van der Waals surface area contributed by atoms with Crippen LogP contribution >= 0.6 is 0 Å². The van der Waals surface area contributed by atoms with Gasteiger partial charge in [0.05, 0.1) is 18.8 Å². The van der Waals surface area contributed by atoms with Gasteiger partial charge in [-0.3, -0.25) is 0 Å². The van der Waals surface area contributed by atoms with Gasteiger partial charge in [-0.1, -0.05) is 20.8 Å². The Kier molecular flexibility index (Phi) is 4.35. The van der Waals surface area contributed by atoms with Crippen molar-refractivity contribution in [2.24, 2.45) is 11.3 Å². The van der Waals surface area contributed by atoms with Crippen LogP contribution in [-0.4, -0.2) is 30.2 Å². The molecule has 0 atom stereocenters. The molecule has 1 saturated heterocycles. The first-order valence-corrected chi connectivity index (χ1v) is 7.35. The maximum atomic E-state index is 10.6. The monoisotopic (exact) mass is 256 g/mol. The zero-order valence-corrected chi connectivity index (χ0v) is 12.1. The van der Waals surface area contributed by atoms with E-state index in [9.17, 15) is 5.11 Å². The van der Waals surface area contributed by atoms with E-state index in [1.54, 1.807) is 0 Å². The second-order valence-corrected chi connectivity index (χ2v) is 7.07. The van der Waals surface area contributed by atoms with E-state index in [-0.39, 0.29) is 6.29 Å². The van der Waals surface area contributed by atoms with E-state index in [1.807, 2.05) is 0 Å². The predicted octanol–water partition coefficient (Wildman–Crippen LogP) is 3.11. The van der Waals surface area contributed by atoms with Crippen LogP contribution in [0.5, 0.6) is 0 Å². The SMILES string of the molecule is CC(C)(C)C1CCC(O)(CCC2OCCO2)CC1. The average molecular weight is 256 g/mol. The first-order chi connectivity index (χ1) is 8.39. The summed E-state index contributed by atoms with van der Waals surface area (Å²) in [6, 6.07) is 0. The third kappa shape index (κ3) is 3.69. The fourth-order valence-corrected chi connectivity index (χ4v) is 3.23. The number of hydrogen-bond acceptors (Lipinski definition) is 3. The van der Waals surface area contributed by atoms with Crippen molar-refractivity contribution in [3.05, 3.63) is 0 Å². The van der Waals surface area contributed by atoms with Crippen molar-refractivity contribution in [3.8, 4) is 0 Å². The Labute approximate surface area is 111 Å². The summed E-state index contributed by atoms with van der Waals surface area (Å²) in [5, 5.41) is 10.6. The van der Waals surface area contributed by atoms with Gasteiger partial charge in [-0.15, -0.1) is 0 Å². The zero-order valence-electron chi connectivity index (χ0n) is 12.1. The van der Waals surface area contributed by atoms with Gasteiger partial charge in [0.2, 0.25) is 0 Å². The van der Waals surface area contributed by atoms with Gasteiger partial charge < -0.3 is 14.6 Å². The van der Waals surface area contributed by atoms with Crippen molar-refractivity contribution < 1.29 is 14.6 Å². The molecule has 0 radical (unpaired) electrons. The molecule has 3 heteroatoms. The van der Waals surface area contributed by atoms with Crippen LogP contribution in [0.3, 0.4) is 0 Å². The van der Waals surface area contributed by atoms with Crippen LogP contribution in [0, 0.1) is 11.3 Å². The third-order valence-corrected chi connectivity index (χ3v) is 4.68. The van der Waals surface area contributed by atoms with Crippen LogP contribution in [0.4, 0.5) is 0 Å². The standard InChI is InChI=1S/C15H28O3/c1-14(2,3)12-4-7-15(16,8-5-12)9-6-13-17-10-11-18-13/h12-13,16H,4-11H2,1-3H3. The molecule has 0 aromatic heterocycles. The quantitative estimate of drug-likeness (QED) is 0.843. The molecule has 3 nitrogen and oxygen atoms in total. The number of ether oxygens (including phenoxy) is 2. The highest BCUT2D eigenvalue weighted by molar-refractivity contribution is 4.89. The topological polar surface area (TPSA) is 38.7 Å². The van der Waals surface area contributed by atoms with Crippen molar-refractivity contribution in [3.63, 3.8) is 0 Å². The summed E-state index contributed by atoms with van der Waals surface area (Å²) in [5.74, 6) is 0.747. The maximum absolute atomic E-state index is 10.6. The molecular formula is C15H28O3. The summed E-state index contributed by atoms with van der Waals surface area (Å²) in [7, 11) is 0. The highest BCUT2D eigenvalue weighted by Gasteiger charge is 2.37. The lowest BCUT2D eigenvalue weighted by atomic mass is 9.67.